The van der Waals surface area contributed by atoms with Crippen molar-refractivity contribution < 1.29 is 0 Å². The molecule has 1 atom stereocenters. The van der Waals surface area contributed by atoms with E-state index in [0.717, 1.165) is 17.9 Å². The summed E-state index contributed by atoms with van der Waals surface area (Å²) >= 11 is 3.43. The Labute approximate surface area is 72.7 Å². The van der Waals surface area contributed by atoms with Crippen LogP contribution >= 0.6 is 15.9 Å². The lowest BCUT2D eigenvalue weighted by Crippen LogP contribution is -2.27. The summed E-state index contributed by atoms with van der Waals surface area (Å²) in [5, 5.41) is 4.58. The monoisotopic (exact) mass is 207 g/mol. The van der Waals surface area contributed by atoms with Crippen LogP contribution in [-0.4, -0.2) is 17.9 Å². The summed E-state index contributed by atoms with van der Waals surface area (Å²) in [5.41, 5.74) is 0. The first-order chi connectivity index (χ1) is 4.85. The normalized spacial score (nSPS) is 13.5. The van der Waals surface area contributed by atoms with Crippen molar-refractivity contribution in [2.45, 2.75) is 39.2 Å². The number of rotatable bonds is 6. The predicted octanol–water partition coefficient (Wildman–Crippen LogP) is 2.55. The molecule has 0 aliphatic carbocycles. The molecule has 1 unspecified atom stereocenters. The van der Waals surface area contributed by atoms with E-state index < -0.39 is 0 Å². The molecule has 0 aromatic rings. The number of nitrogens with one attached hydrogen (secondary N) is 1. The molecule has 0 rings (SSSR count). The molecule has 0 aromatic heterocycles. The van der Waals surface area contributed by atoms with Crippen molar-refractivity contribution in [3.63, 3.8) is 0 Å². The van der Waals surface area contributed by atoms with E-state index in [-0.39, 0.29) is 0 Å². The first-order valence-corrected chi connectivity index (χ1v) is 5.26. The van der Waals surface area contributed by atoms with Crippen LogP contribution in [0, 0.1) is 0 Å². The van der Waals surface area contributed by atoms with Crippen molar-refractivity contribution in [2.75, 3.05) is 11.9 Å². The highest BCUT2D eigenvalue weighted by atomic mass is 79.9. The SMILES string of the molecule is CCNC(CC)CCCBr. The smallest absolute Gasteiger partial charge is 0.00646 e. The van der Waals surface area contributed by atoms with Gasteiger partial charge in [-0.25, -0.2) is 0 Å². The van der Waals surface area contributed by atoms with E-state index in [1.54, 1.807) is 0 Å². The van der Waals surface area contributed by atoms with Crippen LogP contribution in [0.4, 0.5) is 0 Å². The van der Waals surface area contributed by atoms with Crippen molar-refractivity contribution >= 4 is 15.9 Å². The van der Waals surface area contributed by atoms with Gasteiger partial charge in [0.25, 0.3) is 0 Å². The molecule has 0 fully saturated rings. The first-order valence-electron chi connectivity index (χ1n) is 4.14. The standard InChI is InChI=1S/C8H18BrN/c1-3-8(10-4-2)6-5-7-9/h8,10H,3-7H2,1-2H3. The lowest BCUT2D eigenvalue weighted by Gasteiger charge is -2.14. The third-order valence-electron chi connectivity index (χ3n) is 1.67. The van der Waals surface area contributed by atoms with E-state index >= 15 is 0 Å². The molecule has 0 aliphatic rings. The van der Waals surface area contributed by atoms with Crippen molar-refractivity contribution in [3.05, 3.63) is 0 Å². The third-order valence-corrected chi connectivity index (χ3v) is 2.23. The van der Waals surface area contributed by atoms with Crippen LogP contribution in [0.5, 0.6) is 0 Å². The van der Waals surface area contributed by atoms with Crippen LogP contribution in [0.3, 0.4) is 0 Å². The third kappa shape index (κ3) is 5.24. The number of alkyl halides is 1. The molecule has 0 spiro atoms. The van der Waals surface area contributed by atoms with Crippen LogP contribution in [0.1, 0.15) is 33.1 Å². The van der Waals surface area contributed by atoms with Crippen LogP contribution < -0.4 is 5.32 Å². The van der Waals surface area contributed by atoms with Crippen LogP contribution in [0.15, 0.2) is 0 Å². The molecule has 0 amide bonds. The maximum absolute atomic E-state index is 3.45. The van der Waals surface area contributed by atoms with Gasteiger partial charge in [-0.2, -0.15) is 0 Å². The van der Waals surface area contributed by atoms with E-state index in [9.17, 15) is 0 Å². The van der Waals surface area contributed by atoms with Crippen LogP contribution in [0.25, 0.3) is 0 Å². The minimum atomic E-state index is 0.738. The fourth-order valence-corrected chi connectivity index (χ4v) is 1.39. The molecule has 2 heteroatoms. The summed E-state index contributed by atoms with van der Waals surface area (Å²) in [6.45, 7) is 5.50. The van der Waals surface area contributed by atoms with Gasteiger partial charge >= 0.3 is 0 Å². The summed E-state index contributed by atoms with van der Waals surface area (Å²) in [4.78, 5) is 0. The molecule has 0 heterocycles. The summed E-state index contributed by atoms with van der Waals surface area (Å²) in [5.74, 6) is 0. The van der Waals surface area contributed by atoms with Gasteiger partial charge in [0.15, 0.2) is 0 Å². The summed E-state index contributed by atoms with van der Waals surface area (Å²) in [6, 6.07) is 0.738. The molecular formula is C8H18BrN. The molecule has 0 radical (unpaired) electrons. The van der Waals surface area contributed by atoms with Crippen molar-refractivity contribution in [1.82, 2.24) is 5.32 Å². The Morgan fingerprint density at radius 2 is 2.10 bits per heavy atom. The van der Waals surface area contributed by atoms with Gasteiger partial charge in [-0.3, -0.25) is 0 Å². The van der Waals surface area contributed by atoms with E-state index in [2.05, 4.69) is 35.1 Å². The molecule has 10 heavy (non-hydrogen) atoms. The fraction of sp³-hybridized carbons (Fsp3) is 1.00. The lowest BCUT2D eigenvalue weighted by molar-refractivity contribution is 0.478. The highest BCUT2D eigenvalue weighted by Crippen LogP contribution is 2.02. The number of hydrogen-bond donors (Lipinski definition) is 1. The second-order valence-electron chi connectivity index (χ2n) is 2.49. The Hall–Kier alpha value is 0.440. The Balaban J connectivity index is 3.21. The van der Waals surface area contributed by atoms with Gasteiger partial charge in [-0.05, 0) is 25.8 Å². The van der Waals surface area contributed by atoms with Gasteiger partial charge in [0.1, 0.15) is 0 Å². The van der Waals surface area contributed by atoms with Gasteiger partial charge in [0, 0.05) is 11.4 Å². The molecule has 1 nitrogen and oxygen atoms in total. The lowest BCUT2D eigenvalue weighted by atomic mass is 10.1. The molecular weight excluding hydrogens is 190 g/mol. The second-order valence-corrected chi connectivity index (χ2v) is 3.29. The average Bonchev–Trinajstić information content (AvgIpc) is 1.98. The maximum Gasteiger partial charge on any atom is 0.00646 e. The first kappa shape index (κ1) is 10.4. The Morgan fingerprint density at radius 1 is 1.40 bits per heavy atom. The van der Waals surface area contributed by atoms with Gasteiger partial charge in [0.05, 0.1) is 0 Å². The van der Waals surface area contributed by atoms with Gasteiger partial charge in [-0.15, -0.1) is 0 Å². The van der Waals surface area contributed by atoms with E-state index in [1.807, 2.05) is 0 Å². The maximum atomic E-state index is 3.45. The summed E-state index contributed by atoms with van der Waals surface area (Å²) < 4.78 is 0. The van der Waals surface area contributed by atoms with E-state index in [1.165, 1.54) is 19.3 Å². The molecule has 0 aromatic carbocycles. The highest BCUT2D eigenvalue weighted by Gasteiger charge is 2.01. The minimum Gasteiger partial charge on any atom is -0.314 e. The molecule has 0 saturated heterocycles. The van der Waals surface area contributed by atoms with Crippen molar-refractivity contribution in [1.29, 1.82) is 0 Å². The average molecular weight is 208 g/mol. The Morgan fingerprint density at radius 3 is 2.50 bits per heavy atom. The molecule has 0 bridgehead atoms. The number of hydrogen-bond acceptors (Lipinski definition) is 1. The fourth-order valence-electron chi connectivity index (χ4n) is 1.06. The highest BCUT2D eigenvalue weighted by molar-refractivity contribution is 9.09. The van der Waals surface area contributed by atoms with E-state index in [0.29, 0.717) is 0 Å². The number of halogens is 1. The zero-order valence-corrected chi connectivity index (χ0v) is 8.58. The zero-order valence-electron chi connectivity index (χ0n) is 6.99. The predicted molar refractivity (Wildman–Crippen MR) is 50.8 cm³/mol. The Kier molecular flexibility index (Phi) is 7.88. The van der Waals surface area contributed by atoms with Crippen molar-refractivity contribution in [2.24, 2.45) is 0 Å². The molecule has 0 aliphatic heterocycles. The van der Waals surface area contributed by atoms with Crippen molar-refractivity contribution in [3.8, 4) is 0 Å². The Bertz CT molecular complexity index is 66.3. The second kappa shape index (κ2) is 7.55. The zero-order chi connectivity index (χ0) is 7.82. The minimum absolute atomic E-state index is 0.738. The molecule has 62 valence electrons. The summed E-state index contributed by atoms with van der Waals surface area (Å²) in [7, 11) is 0. The van der Waals surface area contributed by atoms with Gasteiger partial charge < -0.3 is 5.32 Å². The van der Waals surface area contributed by atoms with Crippen LogP contribution in [0.2, 0.25) is 0 Å². The van der Waals surface area contributed by atoms with E-state index in [4.69, 9.17) is 0 Å². The summed E-state index contributed by atoms with van der Waals surface area (Å²) in [6.07, 6.45) is 3.84. The van der Waals surface area contributed by atoms with Crippen LogP contribution in [-0.2, 0) is 0 Å². The quantitative estimate of drug-likeness (QED) is 0.661. The van der Waals surface area contributed by atoms with Gasteiger partial charge in [0.2, 0.25) is 0 Å². The molecule has 1 N–H and O–H groups in total. The largest absolute Gasteiger partial charge is 0.314 e. The molecule has 0 saturated carbocycles. The van der Waals surface area contributed by atoms with Gasteiger partial charge in [-0.1, -0.05) is 29.8 Å². The topological polar surface area (TPSA) is 12.0 Å².